The first-order valence-corrected chi connectivity index (χ1v) is 8.95. The minimum absolute atomic E-state index is 0.204. The van der Waals surface area contributed by atoms with Crippen LogP contribution < -0.4 is 9.80 Å². The number of carbonyl (C=O) groups excluding carboxylic acids is 1. The first-order chi connectivity index (χ1) is 12.7. The number of para-hydroxylation sites is 1. The summed E-state index contributed by atoms with van der Waals surface area (Å²) in [6.45, 7) is 9.80. The lowest BCUT2D eigenvalue weighted by molar-refractivity contribution is -0.106. The standard InChI is InChI=1S/C20H26N5O/c1-4-7-13-21-19-18(16-22-20(23-19)24(5-2)6-3)25(14-15-26)17-11-9-8-10-12-17/h8-13,15-16H,1,4-7,14H2,2-3H3. The fraction of sp³-hybridized carbons (Fsp3) is 0.350. The molecule has 0 aliphatic heterocycles. The number of aliphatic imine (C=N–C) groups is 1. The van der Waals surface area contributed by atoms with Crippen molar-refractivity contribution in [1.29, 1.82) is 0 Å². The van der Waals surface area contributed by atoms with Crippen molar-refractivity contribution >= 4 is 35.6 Å². The van der Waals surface area contributed by atoms with Gasteiger partial charge in [-0.05, 0) is 38.8 Å². The van der Waals surface area contributed by atoms with Crippen molar-refractivity contribution in [1.82, 2.24) is 9.97 Å². The molecule has 0 spiro atoms. The second-order valence-corrected chi connectivity index (χ2v) is 5.62. The topological polar surface area (TPSA) is 61.7 Å². The van der Waals surface area contributed by atoms with Crippen LogP contribution in [-0.2, 0) is 4.79 Å². The number of rotatable bonds is 10. The van der Waals surface area contributed by atoms with Gasteiger partial charge in [-0.25, -0.2) is 9.98 Å². The van der Waals surface area contributed by atoms with E-state index in [-0.39, 0.29) is 6.54 Å². The van der Waals surface area contributed by atoms with E-state index in [2.05, 4.69) is 40.6 Å². The van der Waals surface area contributed by atoms with E-state index in [9.17, 15) is 4.79 Å². The van der Waals surface area contributed by atoms with Gasteiger partial charge < -0.3 is 14.6 Å². The summed E-state index contributed by atoms with van der Waals surface area (Å²) in [6.07, 6.45) is 5.96. The number of anilines is 3. The molecular formula is C20H26N5O. The number of aldehydes is 1. The Kier molecular flexibility index (Phi) is 7.74. The molecule has 0 atom stereocenters. The first kappa shape index (κ1) is 19.6. The molecule has 26 heavy (non-hydrogen) atoms. The molecule has 0 aliphatic carbocycles. The van der Waals surface area contributed by atoms with E-state index in [0.29, 0.717) is 17.5 Å². The molecule has 6 heteroatoms. The maximum atomic E-state index is 11.3. The van der Waals surface area contributed by atoms with Crippen molar-refractivity contribution in [2.45, 2.75) is 26.7 Å². The molecule has 0 unspecified atom stereocenters. The zero-order valence-corrected chi connectivity index (χ0v) is 15.5. The molecule has 0 N–H and O–H groups in total. The molecule has 1 aromatic heterocycles. The molecule has 0 saturated heterocycles. The van der Waals surface area contributed by atoms with Crippen molar-refractivity contribution in [2.75, 3.05) is 29.4 Å². The molecule has 1 radical (unpaired) electrons. The summed E-state index contributed by atoms with van der Waals surface area (Å²) in [5.74, 6) is 1.20. The highest BCUT2D eigenvalue weighted by atomic mass is 16.1. The van der Waals surface area contributed by atoms with E-state index < -0.39 is 0 Å². The van der Waals surface area contributed by atoms with Gasteiger partial charge in [0.2, 0.25) is 5.95 Å². The predicted molar refractivity (Wildman–Crippen MR) is 108 cm³/mol. The summed E-state index contributed by atoms with van der Waals surface area (Å²) in [6, 6.07) is 9.71. The lowest BCUT2D eigenvalue weighted by atomic mass is 10.2. The number of hydrogen-bond donors (Lipinski definition) is 0. The molecule has 0 amide bonds. The van der Waals surface area contributed by atoms with Crippen LogP contribution in [0.15, 0.2) is 41.5 Å². The smallest absolute Gasteiger partial charge is 0.227 e. The Bertz CT molecular complexity index is 713. The van der Waals surface area contributed by atoms with Crippen LogP contribution in [0.1, 0.15) is 26.7 Å². The molecular weight excluding hydrogens is 326 g/mol. The maximum absolute atomic E-state index is 11.3. The normalized spacial score (nSPS) is 10.9. The number of hydrogen-bond acceptors (Lipinski definition) is 6. The highest BCUT2D eigenvalue weighted by Gasteiger charge is 2.17. The SMILES string of the molecule is [CH2]CCC=Nc1nc(N(CC)CC)ncc1N(CC=O)c1ccccc1. The quantitative estimate of drug-likeness (QED) is 0.478. The third-order valence-electron chi connectivity index (χ3n) is 3.95. The molecule has 1 aromatic carbocycles. The predicted octanol–water partition coefficient (Wildman–Crippen LogP) is 3.98. The Morgan fingerprint density at radius 3 is 2.54 bits per heavy atom. The van der Waals surface area contributed by atoms with E-state index in [0.717, 1.165) is 37.9 Å². The Labute approximate surface area is 155 Å². The molecule has 137 valence electrons. The molecule has 1 heterocycles. The van der Waals surface area contributed by atoms with Gasteiger partial charge in [0.25, 0.3) is 0 Å². The molecule has 2 rings (SSSR count). The van der Waals surface area contributed by atoms with Crippen LogP contribution in [0.4, 0.5) is 23.1 Å². The largest absolute Gasteiger partial charge is 0.341 e. The van der Waals surface area contributed by atoms with E-state index in [1.807, 2.05) is 41.4 Å². The number of benzene rings is 1. The van der Waals surface area contributed by atoms with Crippen LogP contribution in [-0.4, -0.2) is 42.1 Å². The fourth-order valence-electron chi connectivity index (χ4n) is 2.57. The van der Waals surface area contributed by atoms with Gasteiger partial charge in [-0.2, -0.15) is 4.98 Å². The van der Waals surface area contributed by atoms with Gasteiger partial charge in [-0.1, -0.05) is 25.1 Å². The number of nitrogens with zero attached hydrogens (tertiary/aromatic N) is 5. The van der Waals surface area contributed by atoms with Gasteiger partial charge >= 0.3 is 0 Å². The van der Waals surface area contributed by atoms with Crippen LogP contribution >= 0.6 is 0 Å². The highest BCUT2D eigenvalue weighted by molar-refractivity contribution is 5.79. The average molecular weight is 352 g/mol. The average Bonchev–Trinajstić information content (AvgIpc) is 2.68. The third kappa shape index (κ3) is 4.88. The zero-order chi connectivity index (χ0) is 18.8. The first-order valence-electron chi connectivity index (χ1n) is 8.95. The maximum Gasteiger partial charge on any atom is 0.227 e. The van der Waals surface area contributed by atoms with E-state index >= 15 is 0 Å². The molecule has 2 aromatic rings. The van der Waals surface area contributed by atoms with Crippen molar-refractivity contribution in [2.24, 2.45) is 4.99 Å². The number of aromatic nitrogens is 2. The van der Waals surface area contributed by atoms with E-state index in [1.54, 1.807) is 6.20 Å². The monoisotopic (exact) mass is 352 g/mol. The highest BCUT2D eigenvalue weighted by Crippen LogP contribution is 2.32. The minimum atomic E-state index is 0.204. The van der Waals surface area contributed by atoms with Crippen LogP contribution in [0.2, 0.25) is 0 Å². The summed E-state index contributed by atoms with van der Waals surface area (Å²) >= 11 is 0. The summed E-state index contributed by atoms with van der Waals surface area (Å²) in [5, 5.41) is 0. The van der Waals surface area contributed by atoms with Crippen molar-refractivity contribution in [3.8, 4) is 0 Å². The molecule has 0 fully saturated rings. The minimum Gasteiger partial charge on any atom is -0.341 e. The number of carbonyl (C=O) groups is 1. The second-order valence-electron chi connectivity index (χ2n) is 5.62. The summed E-state index contributed by atoms with van der Waals surface area (Å²) in [5.41, 5.74) is 1.60. The second kappa shape index (κ2) is 10.3. The Morgan fingerprint density at radius 1 is 1.19 bits per heavy atom. The van der Waals surface area contributed by atoms with Crippen LogP contribution in [0.5, 0.6) is 0 Å². The van der Waals surface area contributed by atoms with Gasteiger partial charge in [-0.3, -0.25) is 0 Å². The molecule has 0 bridgehead atoms. The van der Waals surface area contributed by atoms with Crippen molar-refractivity contribution in [3.05, 3.63) is 43.5 Å². The lowest BCUT2D eigenvalue weighted by Gasteiger charge is -2.25. The van der Waals surface area contributed by atoms with Crippen LogP contribution in [0, 0.1) is 6.92 Å². The van der Waals surface area contributed by atoms with Gasteiger partial charge in [0.15, 0.2) is 5.82 Å². The molecule has 0 aliphatic rings. The Morgan fingerprint density at radius 2 is 1.92 bits per heavy atom. The van der Waals surface area contributed by atoms with Crippen molar-refractivity contribution < 1.29 is 4.79 Å². The Balaban J connectivity index is 2.51. The lowest BCUT2D eigenvalue weighted by Crippen LogP contribution is -2.25. The van der Waals surface area contributed by atoms with Crippen LogP contribution in [0.25, 0.3) is 0 Å². The van der Waals surface area contributed by atoms with Crippen LogP contribution in [0.3, 0.4) is 0 Å². The van der Waals surface area contributed by atoms with Gasteiger partial charge in [0.05, 0.1) is 12.7 Å². The van der Waals surface area contributed by atoms with Gasteiger partial charge in [0.1, 0.15) is 12.0 Å². The van der Waals surface area contributed by atoms with E-state index in [4.69, 9.17) is 0 Å². The van der Waals surface area contributed by atoms with Gasteiger partial charge in [0, 0.05) is 25.0 Å². The number of unbranched alkanes of at least 4 members (excludes halogenated alkanes) is 1. The zero-order valence-electron chi connectivity index (χ0n) is 15.5. The van der Waals surface area contributed by atoms with Gasteiger partial charge in [-0.15, -0.1) is 0 Å². The molecule has 6 nitrogen and oxygen atoms in total. The summed E-state index contributed by atoms with van der Waals surface area (Å²) in [4.78, 5) is 28.9. The van der Waals surface area contributed by atoms with E-state index in [1.165, 1.54) is 0 Å². The third-order valence-corrected chi connectivity index (χ3v) is 3.95. The molecule has 0 saturated carbocycles. The summed E-state index contributed by atoms with van der Waals surface area (Å²) in [7, 11) is 0. The summed E-state index contributed by atoms with van der Waals surface area (Å²) < 4.78 is 0. The Hall–Kier alpha value is -2.76. The van der Waals surface area contributed by atoms with Crippen molar-refractivity contribution in [3.63, 3.8) is 0 Å². The fourth-order valence-corrected chi connectivity index (χ4v) is 2.57.